The summed E-state index contributed by atoms with van der Waals surface area (Å²) in [4.78, 5) is 0. The lowest BCUT2D eigenvalue weighted by molar-refractivity contribution is 0.172. The quantitative estimate of drug-likeness (QED) is 0.921. The molecule has 0 amide bonds. The van der Waals surface area contributed by atoms with E-state index in [1.807, 2.05) is 14.0 Å². The highest BCUT2D eigenvalue weighted by atomic mass is 35.5. The zero-order valence-corrected chi connectivity index (χ0v) is 11.2. The molecule has 1 N–H and O–H groups in total. The van der Waals surface area contributed by atoms with Crippen molar-refractivity contribution < 1.29 is 5.11 Å². The lowest BCUT2D eigenvalue weighted by Gasteiger charge is -2.07. The van der Waals surface area contributed by atoms with E-state index in [1.54, 1.807) is 10.9 Å². The Morgan fingerprint density at radius 3 is 2.88 bits per heavy atom. The SMILES string of the molecule is CCc1nn(C)c(CC(O)c2cnsn2)c1Cl. The van der Waals surface area contributed by atoms with E-state index < -0.39 is 6.10 Å². The van der Waals surface area contributed by atoms with E-state index in [0.29, 0.717) is 17.1 Å². The highest BCUT2D eigenvalue weighted by Gasteiger charge is 2.18. The number of aryl methyl sites for hydroxylation is 2. The number of hydrogen-bond donors (Lipinski definition) is 1. The van der Waals surface area contributed by atoms with Gasteiger partial charge in [0.25, 0.3) is 0 Å². The Labute approximate surface area is 108 Å². The molecular weight excluding hydrogens is 260 g/mol. The van der Waals surface area contributed by atoms with Crippen molar-refractivity contribution in [2.24, 2.45) is 7.05 Å². The molecule has 5 nitrogen and oxygen atoms in total. The fourth-order valence-electron chi connectivity index (χ4n) is 1.65. The number of halogens is 1. The molecule has 0 spiro atoms. The average Bonchev–Trinajstić information content (AvgIpc) is 2.92. The monoisotopic (exact) mass is 272 g/mol. The first kappa shape index (κ1) is 12.5. The van der Waals surface area contributed by atoms with Gasteiger partial charge in [0.15, 0.2) is 0 Å². The van der Waals surface area contributed by atoms with Crippen molar-refractivity contribution in [2.45, 2.75) is 25.9 Å². The van der Waals surface area contributed by atoms with Crippen molar-refractivity contribution in [1.29, 1.82) is 0 Å². The second kappa shape index (κ2) is 5.12. The van der Waals surface area contributed by atoms with Crippen LogP contribution in [0.1, 0.15) is 30.1 Å². The van der Waals surface area contributed by atoms with Crippen LogP contribution in [0.25, 0.3) is 0 Å². The molecule has 17 heavy (non-hydrogen) atoms. The Morgan fingerprint density at radius 1 is 1.59 bits per heavy atom. The summed E-state index contributed by atoms with van der Waals surface area (Å²) >= 11 is 7.29. The average molecular weight is 273 g/mol. The van der Waals surface area contributed by atoms with Crippen LogP contribution in [0.5, 0.6) is 0 Å². The molecule has 0 aromatic carbocycles. The highest BCUT2D eigenvalue weighted by Crippen LogP contribution is 2.25. The first-order valence-corrected chi connectivity index (χ1v) is 6.40. The van der Waals surface area contributed by atoms with Crippen LogP contribution in [-0.2, 0) is 19.9 Å². The van der Waals surface area contributed by atoms with Gasteiger partial charge in [-0.25, -0.2) is 0 Å². The van der Waals surface area contributed by atoms with Crippen LogP contribution in [0.4, 0.5) is 0 Å². The Hall–Kier alpha value is -0.980. The summed E-state index contributed by atoms with van der Waals surface area (Å²) in [6.45, 7) is 2.00. The van der Waals surface area contributed by atoms with Crippen molar-refractivity contribution in [2.75, 3.05) is 0 Å². The van der Waals surface area contributed by atoms with Gasteiger partial charge in [0.2, 0.25) is 0 Å². The summed E-state index contributed by atoms with van der Waals surface area (Å²) in [7, 11) is 1.83. The van der Waals surface area contributed by atoms with Gasteiger partial charge in [-0.3, -0.25) is 4.68 Å². The maximum absolute atomic E-state index is 10.00. The van der Waals surface area contributed by atoms with Crippen molar-refractivity contribution in [3.8, 4) is 0 Å². The molecule has 0 saturated carbocycles. The minimum absolute atomic E-state index is 0.397. The van der Waals surface area contributed by atoms with Gasteiger partial charge in [-0.2, -0.15) is 13.8 Å². The van der Waals surface area contributed by atoms with Crippen molar-refractivity contribution >= 4 is 23.3 Å². The Kier molecular flexibility index (Phi) is 3.76. The van der Waals surface area contributed by atoms with Crippen LogP contribution in [0.2, 0.25) is 5.02 Å². The maximum atomic E-state index is 10.00. The van der Waals surface area contributed by atoms with E-state index in [1.165, 1.54) is 0 Å². The molecule has 0 radical (unpaired) electrons. The lowest BCUT2D eigenvalue weighted by Crippen LogP contribution is -2.07. The number of aliphatic hydroxyl groups is 1. The fourth-order valence-corrected chi connectivity index (χ4v) is 2.48. The number of aliphatic hydroxyl groups excluding tert-OH is 1. The standard InChI is InChI=1S/C10H13ClN4OS/c1-3-6-10(11)8(15(2)13-6)4-9(16)7-5-12-17-14-7/h5,9,16H,3-4H2,1-2H3. The van der Waals surface area contributed by atoms with Crippen LogP contribution in [0.3, 0.4) is 0 Å². The van der Waals surface area contributed by atoms with Gasteiger partial charge >= 0.3 is 0 Å². The predicted octanol–water partition coefficient (Wildman–Crippen LogP) is 1.76. The van der Waals surface area contributed by atoms with Gasteiger partial charge in [-0.1, -0.05) is 18.5 Å². The van der Waals surface area contributed by atoms with E-state index in [9.17, 15) is 5.11 Å². The number of hydrogen-bond acceptors (Lipinski definition) is 5. The molecule has 2 aromatic rings. The summed E-state index contributed by atoms with van der Waals surface area (Å²) in [6, 6.07) is 0. The van der Waals surface area contributed by atoms with Gasteiger partial charge in [-0.15, -0.1) is 0 Å². The van der Waals surface area contributed by atoms with Crippen LogP contribution in [0, 0.1) is 0 Å². The third kappa shape index (κ3) is 2.48. The first-order chi connectivity index (χ1) is 8.13. The summed E-state index contributed by atoms with van der Waals surface area (Å²) in [5.74, 6) is 0. The third-order valence-electron chi connectivity index (χ3n) is 2.61. The van der Waals surface area contributed by atoms with Gasteiger partial charge in [0.05, 0.1) is 34.3 Å². The number of aromatic nitrogens is 4. The molecule has 0 aliphatic heterocycles. The molecule has 2 rings (SSSR count). The minimum atomic E-state index is -0.689. The second-order valence-electron chi connectivity index (χ2n) is 3.74. The van der Waals surface area contributed by atoms with Gasteiger partial charge < -0.3 is 5.11 Å². The van der Waals surface area contributed by atoms with Gasteiger partial charge in [0.1, 0.15) is 11.8 Å². The molecule has 2 aromatic heterocycles. The van der Waals surface area contributed by atoms with Crippen molar-refractivity contribution in [1.82, 2.24) is 18.5 Å². The third-order valence-corrected chi connectivity index (χ3v) is 3.54. The van der Waals surface area contributed by atoms with E-state index in [2.05, 4.69) is 13.8 Å². The Balaban J connectivity index is 2.21. The van der Waals surface area contributed by atoms with Gasteiger partial charge in [-0.05, 0) is 6.42 Å². The molecule has 1 atom stereocenters. The van der Waals surface area contributed by atoms with E-state index in [-0.39, 0.29) is 0 Å². The Morgan fingerprint density at radius 2 is 2.35 bits per heavy atom. The first-order valence-electron chi connectivity index (χ1n) is 5.29. The molecule has 7 heteroatoms. The summed E-state index contributed by atoms with van der Waals surface area (Å²) in [5.41, 5.74) is 2.25. The molecule has 0 fully saturated rings. The highest BCUT2D eigenvalue weighted by molar-refractivity contribution is 6.99. The summed E-state index contributed by atoms with van der Waals surface area (Å²) < 4.78 is 9.59. The molecule has 2 heterocycles. The van der Waals surface area contributed by atoms with Crippen molar-refractivity contribution in [3.63, 3.8) is 0 Å². The maximum Gasteiger partial charge on any atom is 0.104 e. The molecular formula is C10H13ClN4OS. The molecule has 0 bridgehead atoms. The molecule has 92 valence electrons. The minimum Gasteiger partial charge on any atom is -0.386 e. The fraction of sp³-hybridized carbons (Fsp3) is 0.500. The van der Waals surface area contributed by atoms with Gasteiger partial charge in [0, 0.05) is 13.5 Å². The molecule has 0 aliphatic rings. The zero-order valence-electron chi connectivity index (χ0n) is 9.59. The molecule has 1 unspecified atom stereocenters. The van der Waals surface area contributed by atoms with Crippen LogP contribution < -0.4 is 0 Å². The predicted molar refractivity (Wildman–Crippen MR) is 66.2 cm³/mol. The van der Waals surface area contributed by atoms with Crippen LogP contribution in [-0.4, -0.2) is 23.6 Å². The van der Waals surface area contributed by atoms with E-state index in [0.717, 1.165) is 29.5 Å². The topological polar surface area (TPSA) is 63.8 Å². The van der Waals surface area contributed by atoms with E-state index >= 15 is 0 Å². The molecule has 0 saturated heterocycles. The van der Waals surface area contributed by atoms with Crippen LogP contribution in [0.15, 0.2) is 6.20 Å². The summed E-state index contributed by atoms with van der Waals surface area (Å²) in [5, 5.41) is 14.9. The zero-order chi connectivity index (χ0) is 12.4. The number of nitrogens with zero attached hydrogens (tertiary/aromatic N) is 4. The molecule has 0 aliphatic carbocycles. The second-order valence-corrected chi connectivity index (χ2v) is 4.67. The van der Waals surface area contributed by atoms with Crippen LogP contribution >= 0.6 is 23.3 Å². The number of rotatable bonds is 4. The lowest BCUT2D eigenvalue weighted by atomic mass is 10.1. The largest absolute Gasteiger partial charge is 0.386 e. The summed E-state index contributed by atoms with van der Waals surface area (Å²) in [6.07, 6.45) is 2.06. The Bertz CT molecular complexity index is 497. The normalized spacial score (nSPS) is 12.9. The van der Waals surface area contributed by atoms with Crippen molar-refractivity contribution in [3.05, 3.63) is 28.3 Å². The van der Waals surface area contributed by atoms with E-state index in [4.69, 9.17) is 11.6 Å². The smallest absolute Gasteiger partial charge is 0.104 e.